The standard InChI is InChI=1S/C16H17N3O3S/c17-14(20)8-9-19(11-12-5-2-1-3-6-12)16(23)18-15(21)13-7-4-10-22-13/h1-7,10H,8-9,11H2,(H2,17,20)(H,18,21,23). The molecule has 0 unspecified atom stereocenters. The molecule has 0 aliphatic heterocycles. The summed E-state index contributed by atoms with van der Waals surface area (Å²) in [4.78, 5) is 24.8. The van der Waals surface area contributed by atoms with Crippen LogP contribution in [0.1, 0.15) is 22.5 Å². The van der Waals surface area contributed by atoms with Crippen LogP contribution < -0.4 is 11.1 Å². The molecule has 0 spiro atoms. The van der Waals surface area contributed by atoms with Gasteiger partial charge in [0.1, 0.15) is 0 Å². The van der Waals surface area contributed by atoms with Gasteiger partial charge in [0.25, 0.3) is 5.91 Å². The van der Waals surface area contributed by atoms with Crippen molar-refractivity contribution in [3.8, 4) is 0 Å². The van der Waals surface area contributed by atoms with Gasteiger partial charge in [-0.25, -0.2) is 0 Å². The molecule has 0 saturated carbocycles. The molecule has 1 heterocycles. The molecule has 6 nitrogen and oxygen atoms in total. The lowest BCUT2D eigenvalue weighted by Crippen LogP contribution is -2.43. The van der Waals surface area contributed by atoms with Crippen molar-refractivity contribution >= 4 is 29.1 Å². The van der Waals surface area contributed by atoms with E-state index >= 15 is 0 Å². The van der Waals surface area contributed by atoms with Crippen LogP contribution in [0.2, 0.25) is 0 Å². The summed E-state index contributed by atoms with van der Waals surface area (Å²) in [6.07, 6.45) is 1.55. The number of benzene rings is 1. The van der Waals surface area contributed by atoms with E-state index in [1.165, 1.54) is 6.26 Å². The lowest BCUT2D eigenvalue weighted by Gasteiger charge is -2.24. The van der Waals surface area contributed by atoms with Gasteiger partial charge < -0.3 is 15.1 Å². The summed E-state index contributed by atoms with van der Waals surface area (Å²) in [6.45, 7) is 0.785. The van der Waals surface area contributed by atoms with Crippen LogP contribution in [0.4, 0.5) is 0 Å². The predicted octanol–water partition coefficient (Wildman–Crippen LogP) is 1.67. The second-order valence-corrected chi connectivity index (χ2v) is 5.25. The first-order chi connectivity index (χ1) is 11.1. The van der Waals surface area contributed by atoms with Gasteiger partial charge in [-0.2, -0.15) is 0 Å². The number of nitrogens with two attached hydrogens (primary N) is 1. The second kappa shape index (κ2) is 8.09. The van der Waals surface area contributed by atoms with Gasteiger partial charge in [0, 0.05) is 19.5 Å². The molecule has 120 valence electrons. The Labute approximate surface area is 139 Å². The number of hydrogen-bond donors (Lipinski definition) is 2. The summed E-state index contributed by atoms with van der Waals surface area (Å²) in [5, 5.41) is 2.82. The summed E-state index contributed by atoms with van der Waals surface area (Å²) in [7, 11) is 0. The van der Waals surface area contributed by atoms with Crippen molar-refractivity contribution in [2.45, 2.75) is 13.0 Å². The number of amides is 2. The molecule has 0 aliphatic carbocycles. The van der Waals surface area contributed by atoms with Crippen LogP contribution in [-0.2, 0) is 11.3 Å². The minimum atomic E-state index is -0.433. The molecule has 0 bridgehead atoms. The molecule has 1 aromatic heterocycles. The molecule has 7 heteroatoms. The Morgan fingerprint density at radius 3 is 2.52 bits per heavy atom. The number of furan rings is 1. The van der Waals surface area contributed by atoms with Gasteiger partial charge in [-0.05, 0) is 29.9 Å². The van der Waals surface area contributed by atoms with Crippen LogP contribution in [0.5, 0.6) is 0 Å². The molecule has 0 radical (unpaired) electrons. The third kappa shape index (κ3) is 5.23. The summed E-state index contributed by atoms with van der Waals surface area (Å²) in [5.41, 5.74) is 6.21. The predicted molar refractivity (Wildman–Crippen MR) is 89.4 cm³/mol. The van der Waals surface area contributed by atoms with E-state index in [0.29, 0.717) is 13.1 Å². The fourth-order valence-electron chi connectivity index (χ4n) is 1.95. The smallest absolute Gasteiger partial charge is 0.293 e. The summed E-state index contributed by atoms with van der Waals surface area (Å²) < 4.78 is 5.03. The molecule has 2 rings (SSSR count). The van der Waals surface area contributed by atoms with E-state index < -0.39 is 11.8 Å². The third-order valence-corrected chi connectivity index (χ3v) is 3.46. The van der Waals surface area contributed by atoms with E-state index in [-0.39, 0.29) is 17.3 Å². The number of carbonyl (C=O) groups is 2. The Bertz CT molecular complexity index is 671. The van der Waals surface area contributed by atoms with Crippen LogP contribution in [0.15, 0.2) is 53.1 Å². The van der Waals surface area contributed by atoms with Crippen molar-refractivity contribution in [1.82, 2.24) is 10.2 Å². The maximum Gasteiger partial charge on any atom is 0.293 e. The number of primary amides is 1. The van der Waals surface area contributed by atoms with Crippen LogP contribution in [-0.4, -0.2) is 28.4 Å². The SMILES string of the molecule is NC(=O)CCN(Cc1ccccc1)C(=S)NC(=O)c1ccco1. The highest BCUT2D eigenvalue weighted by molar-refractivity contribution is 7.80. The fraction of sp³-hybridized carbons (Fsp3) is 0.188. The summed E-state index contributed by atoms with van der Waals surface area (Å²) in [6, 6.07) is 12.8. The monoisotopic (exact) mass is 331 g/mol. The average Bonchev–Trinajstić information content (AvgIpc) is 3.06. The van der Waals surface area contributed by atoms with E-state index in [2.05, 4.69) is 5.32 Å². The topological polar surface area (TPSA) is 88.6 Å². The Balaban J connectivity index is 2.04. The van der Waals surface area contributed by atoms with Crippen molar-refractivity contribution in [3.05, 3.63) is 60.1 Å². The number of nitrogens with one attached hydrogen (secondary N) is 1. The quantitative estimate of drug-likeness (QED) is 0.786. The van der Waals surface area contributed by atoms with Crippen LogP contribution in [0, 0.1) is 0 Å². The van der Waals surface area contributed by atoms with Crippen molar-refractivity contribution < 1.29 is 14.0 Å². The van der Waals surface area contributed by atoms with E-state index in [1.807, 2.05) is 30.3 Å². The highest BCUT2D eigenvalue weighted by atomic mass is 32.1. The molecule has 23 heavy (non-hydrogen) atoms. The molecule has 2 aromatic rings. The zero-order valence-corrected chi connectivity index (χ0v) is 13.2. The minimum Gasteiger partial charge on any atom is -0.459 e. The normalized spacial score (nSPS) is 10.1. The lowest BCUT2D eigenvalue weighted by molar-refractivity contribution is -0.118. The van der Waals surface area contributed by atoms with E-state index in [4.69, 9.17) is 22.4 Å². The Hall–Kier alpha value is -2.67. The summed E-state index contributed by atoms with van der Waals surface area (Å²) in [5.74, 6) is -0.692. The van der Waals surface area contributed by atoms with Crippen molar-refractivity contribution in [2.24, 2.45) is 5.73 Å². The van der Waals surface area contributed by atoms with Gasteiger partial charge in [0.2, 0.25) is 5.91 Å². The molecule has 3 N–H and O–H groups in total. The van der Waals surface area contributed by atoms with E-state index in [9.17, 15) is 9.59 Å². The van der Waals surface area contributed by atoms with E-state index in [1.54, 1.807) is 17.0 Å². The van der Waals surface area contributed by atoms with Crippen LogP contribution >= 0.6 is 12.2 Å². The molecule has 0 saturated heterocycles. The Kier molecular flexibility index (Phi) is 5.87. The lowest BCUT2D eigenvalue weighted by atomic mass is 10.2. The zero-order chi connectivity index (χ0) is 16.7. The van der Waals surface area contributed by atoms with Gasteiger partial charge in [-0.1, -0.05) is 30.3 Å². The van der Waals surface area contributed by atoms with Gasteiger partial charge in [-0.15, -0.1) is 0 Å². The van der Waals surface area contributed by atoms with Crippen molar-refractivity contribution in [3.63, 3.8) is 0 Å². The minimum absolute atomic E-state index is 0.142. The largest absolute Gasteiger partial charge is 0.459 e. The molecule has 2 amide bonds. The first kappa shape index (κ1) is 16.7. The van der Waals surface area contributed by atoms with Crippen molar-refractivity contribution in [2.75, 3.05) is 6.54 Å². The van der Waals surface area contributed by atoms with Gasteiger partial charge in [-0.3, -0.25) is 14.9 Å². The first-order valence-electron chi connectivity index (χ1n) is 7.02. The highest BCUT2D eigenvalue weighted by Crippen LogP contribution is 2.07. The second-order valence-electron chi connectivity index (χ2n) is 4.86. The molecular formula is C16H17N3O3S. The van der Waals surface area contributed by atoms with Crippen LogP contribution in [0.3, 0.4) is 0 Å². The molecule has 0 atom stereocenters. The number of hydrogen-bond acceptors (Lipinski definition) is 4. The van der Waals surface area contributed by atoms with Crippen LogP contribution in [0.25, 0.3) is 0 Å². The van der Waals surface area contributed by atoms with Gasteiger partial charge in [0.15, 0.2) is 10.9 Å². The average molecular weight is 331 g/mol. The zero-order valence-electron chi connectivity index (χ0n) is 12.4. The maximum atomic E-state index is 12.0. The van der Waals surface area contributed by atoms with E-state index in [0.717, 1.165) is 5.56 Å². The summed E-state index contributed by atoms with van der Waals surface area (Å²) >= 11 is 5.28. The van der Waals surface area contributed by atoms with Crippen molar-refractivity contribution in [1.29, 1.82) is 0 Å². The number of thiocarbonyl (C=S) groups is 1. The number of nitrogens with zero attached hydrogens (tertiary/aromatic N) is 1. The molecule has 0 fully saturated rings. The Morgan fingerprint density at radius 2 is 1.91 bits per heavy atom. The highest BCUT2D eigenvalue weighted by Gasteiger charge is 2.16. The molecular weight excluding hydrogens is 314 g/mol. The van der Waals surface area contributed by atoms with Gasteiger partial charge >= 0.3 is 0 Å². The van der Waals surface area contributed by atoms with Gasteiger partial charge in [0.05, 0.1) is 6.26 Å². The third-order valence-electron chi connectivity index (χ3n) is 3.10. The number of rotatable bonds is 6. The molecule has 1 aromatic carbocycles. The number of carbonyl (C=O) groups excluding carboxylic acids is 2. The maximum absolute atomic E-state index is 12.0. The first-order valence-corrected chi connectivity index (χ1v) is 7.43. The molecule has 0 aliphatic rings. The Morgan fingerprint density at radius 1 is 1.17 bits per heavy atom. The fourth-order valence-corrected chi connectivity index (χ4v) is 2.20.